The van der Waals surface area contributed by atoms with E-state index in [2.05, 4.69) is 20.8 Å². The molecule has 0 spiro atoms. The molecular formula is C10H20O. The van der Waals surface area contributed by atoms with Crippen LogP contribution < -0.4 is 0 Å². The van der Waals surface area contributed by atoms with Gasteiger partial charge >= 0.3 is 0 Å². The summed E-state index contributed by atoms with van der Waals surface area (Å²) in [5, 5.41) is 0. The van der Waals surface area contributed by atoms with Crippen molar-refractivity contribution in [3.63, 3.8) is 0 Å². The van der Waals surface area contributed by atoms with Gasteiger partial charge in [-0.3, -0.25) is 0 Å². The van der Waals surface area contributed by atoms with Crippen molar-refractivity contribution in [2.75, 3.05) is 0 Å². The largest absolute Gasteiger partial charge is 0.375 e. The van der Waals surface area contributed by atoms with Crippen molar-refractivity contribution in [3.8, 4) is 0 Å². The van der Waals surface area contributed by atoms with Crippen molar-refractivity contribution in [2.45, 2.75) is 58.7 Å². The first kappa shape index (κ1) is 9.05. The zero-order chi connectivity index (χ0) is 8.27. The van der Waals surface area contributed by atoms with Crippen LogP contribution in [0.3, 0.4) is 0 Å². The van der Waals surface area contributed by atoms with Crippen LogP contribution in [0.1, 0.15) is 46.5 Å². The van der Waals surface area contributed by atoms with Crippen molar-refractivity contribution >= 4 is 0 Å². The molecule has 1 unspecified atom stereocenters. The molecule has 0 aromatic heterocycles. The number of hydrogen-bond acceptors (Lipinski definition) is 1. The maximum Gasteiger partial charge on any atom is 0.0604 e. The highest BCUT2D eigenvalue weighted by atomic mass is 16.5. The maximum absolute atomic E-state index is 5.80. The fraction of sp³-hybridized carbons (Fsp3) is 1.00. The summed E-state index contributed by atoms with van der Waals surface area (Å²) < 4.78 is 5.80. The SMILES string of the molecule is CC(C)O[C@@H]1CCCCC1C. The normalized spacial score (nSPS) is 32.7. The maximum atomic E-state index is 5.80. The fourth-order valence-corrected chi connectivity index (χ4v) is 1.83. The average Bonchev–Trinajstić information content (AvgIpc) is 1.93. The molecule has 1 aliphatic rings. The van der Waals surface area contributed by atoms with Crippen molar-refractivity contribution < 1.29 is 4.74 Å². The van der Waals surface area contributed by atoms with Gasteiger partial charge in [-0.2, -0.15) is 0 Å². The number of hydrogen-bond donors (Lipinski definition) is 0. The average molecular weight is 156 g/mol. The standard InChI is InChI=1S/C10H20O/c1-8(2)11-10-7-5-4-6-9(10)3/h8-10H,4-7H2,1-3H3/t9?,10-/m1/s1. The minimum atomic E-state index is 0.403. The molecule has 0 aliphatic heterocycles. The number of ether oxygens (including phenoxy) is 1. The molecule has 0 amide bonds. The lowest BCUT2D eigenvalue weighted by Gasteiger charge is -2.30. The Morgan fingerprint density at radius 2 is 1.82 bits per heavy atom. The number of rotatable bonds is 2. The second-order valence-electron chi connectivity index (χ2n) is 3.99. The molecule has 1 aliphatic carbocycles. The lowest BCUT2D eigenvalue weighted by atomic mass is 9.88. The predicted octanol–water partition coefficient (Wildman–Crippen LogP) is 2.99. The van der Waals surface area contributed by atoms with E-state index in [9.17, 15) is 0 Å². The highest BCUT2D eigenvalue weighted by molar-refractivity contribution is 4.72. The second kappa shape index (κ2) is 4.10. The van der Waals surface area contributed by atoms with Crippen LogP contribution >= 0.6 is 0 Å². The molecule has 1 heteroatoms. The van der Waals surface area contributed by atoms with Gasteiger partial charge in [-0.25, -0.2) is 0 Å². The second-order valence-corrected chi connectivity index (χ2v) is 3.99. The summed E-state index contributed by atoms with van der Waals surface area (Å²) in [5.41, 5.74) is 0. The molecule has 1 nitrogen and oxygen atoms in total. The molecule has 0 N–H and O–H groups in total. The molecule has 0 radical (unpaired) electrons. The predicted molar refractivity (Wildman–Crippen MR) is 47.6 cm³/mol. The third-order valence-electron chi connectivity index (χ3n) is 2.48. The van der Waals surface area contributed by atoms with Crippen LogP contribution in [0.25, 0.3) is 0 Å². The van der Waals surface area contributed by atoms with Crippen molar-refractivity contribution in [2.24, 2.45) is 5.92 Å². The Morgan fingerprint density at radius 1 is 1.18 bits per heavy atom. The minimum Gasteiger partial charge on any atom is -0.375 e. The van der Waals surface area contributed by atoms with Crippen LogP contribution in [-0.2, 0) is 4.74 Å². The van der Waals surface area contributed by atoms with E-state index < -0.39 is 0 Å². The summed E-state index contributed by atoms with van der Waals surface area (Å²) >= 11 is 0. The van der Waals surface area contributed by atoms with E-state index in [1.54, 1.807) is 0 Å². The first-order valence-electron chi connectivity index (χ1n) is 4.85. The third kappa shape index (κ3) is 2.82. The third-order valence-corrected chi connectivity index (χ3v) is 2.48. The van der Waals surface area contributed by atoms with E-state index in [4.69, 9.17) is 4.74 Å². The molecule has 0 bridgehead atoms. The van der Waals surface area contributed by atoms with Crippen LogP contribution in [-0.4, -0.2) is 12.2 Å². The van der Waals surface area contributed by atoms with Crippen LogP contribution in [0.15, 0.2) is 0 Å². The van der Waals surface area contributed by atoms with Gasteiger partial charge in [0.1, 0.15) is 0 Å². The van der Waals surface area contributed by atoms with Crippen LogP contribution in [0.2, 0.25) is 0 Å². The molecule has 0 saturated heterocycles. The molecule has 1 saturated carbocycles. The molecule has 11 heavy (non-hydrogen) atoms. The van der Waals surface area contributed by atoms with Crippen LogP contribution in [0.5, 0.6) is 0 Å². The van der Waals surface area contributed by atoms with E-state index in [0.717, 1.165) is 5.92 Å². The van der Waals surface area contributed by atoms with Gasteiger partial charge in [0.25, 0.3) is 0 Å². The fourth-order valence-electron chi connectivity index (χ4n) is 1.83. The van der Waals surface area contributed by atoms with E-state index in [1.807, 2.05) is 0 Å². The Morgan fingerprint density at radius 3 is 2.36 bits per heavy atom. The highest BCUT2D eigenvalue weighted by Gasteiger charge is 2.22. The van der Waals surface area contributed by atoms with Gasteiger partial charge in [0, 0.05) is 0 Å². The van der Waals surface area contributed by atoms with Gasteiger partial charge in [-0.15, -0.1) is 0 Å². The Bertz CT molecular complexity index is 109. The monoisotopic (exact) mass is 156 g/mol. The van der Waals surface area contributed by atoms with Gasteiger partial charge in [0.2, 0.25) is 0 Å². The molecule has 0 heterocycles. The summed E-state index contributed by atoms with van der Waals surface area (Å²) in [4.78, 5) is 0. The zero-order valence-corrected chi connectivity index (χ0v) is 7.97. The van der Waals surface area contributed by atoms with E-state index in [1.165, 1.54) is 25.7 Å². The summed E-state index contributed by atoms with van der Waals surface area (Å²) in [5.74, 6) is 0.783. The van der Waals surface area contributed by atoms with E-state index in [-0.39, 0.29) is 0 Å². The van der Waals surface area contributed by atoms with Crippen molar-refractivity contribution in [1.82, 2.24) is 0 Å². The van der Waals surface area contributed by atoms with Crippen molar-refractivity contribution in [1.29, 1.82) is 0 Å². The lowest BCUT2D eigenvalue weighted by molar-refractivity contribution is -0.0400. The first-order chi connectivity index (χ1) is 5.20. The molecular weight excluding hydrogens is 136 g/mol. The van der Waals surface area contributed by atoms with E-state index >= 15 is 0 Å². The molecule has 0 aromatic rings. The Hall–Kier alpha value is -0.0400. The van der Waals surface area contributed by atoms with Gasteiger partial charge in [0.05, 0.1) is 12.2 Å². The topological polar surface area (TPSA) is 9.23 Å². The van der Waals surface area contributed by atoms with Crippen LogP contribution in [0, 0.1) is 5.92 Å². The molecule has 66 valence electrons. The van der Waals surface area contributed by atoms with Gasteiger partial charge in [0.15, 0.2) is 0 Å². The lowest BCUT2D eigenvalue weighted by Crippen LogP contribution is -2.28. The quantitative estimate of drug-likeness (QED) is 0.597. The molecule has 0 aromatic carbocycles. The summed E-state index contributed by atoms with van der Waals surface area (Å²) in [6.45, 7) is 6.56. The Labute approximate surface area is 70.1 Å². The van der Waals surface area contributed by atoms with Gasteiger partial charge in [-0.05, 0) is 32.6 Å². The minimum absolute atomic E-state index is 0.403. The molecule has 1 fully saturated rings. The smallest absolute Gasteiger partial charge is 0.0604 e. The van der Waals surface area contributed by atoms with Crippen molar-refractivity contribution in [3.05, 3.63) is 0 Å². The Balaban J connectivity index is 2.29. The Kier molecular flexibility index (Phi) is 3.38. The molecule has 1 rings (SSSR count). The van der Waals surface area contributed by atoms with Gasteiger partial charge < -0.3 is 4.74 Å². The van der Waals surface area contributed by atoms with E-state index in [0.29, 0.717) is 12.2 Å². The molecule has 2 atom stereocenters. The summed E-state index contributed by atoms with van der Waals surface area (Å²) in [6, 6.07) is 0. The highest BCUT2D eigenvalue weighted by Crippen LogP contribution is 2.26. The first-order valence-corrected chi connectivity index (χ1v) is 4.85. The van der Waals surface area contributed by atoms with Crippen LogP contribution in [0.4, 0.5) is 0 Å². The zero-order valence-electron chi connectivity index (χ0n) is 7.97. The summed E-state index contributed by atoms with van der Waals surface area (Å²) in [7, 11) is 0. The van der Waals surface area contributed by atoms with Gasteiger partial charge in [-0.1, -0.05) is 19.8 Å². The summed E-state index contributed by atoms with van der Waals surface area (Å²) in [6.07, 6.45) is 6.35.